The molecule has 0 bridgehead atoms. The van der Waals surface area contributed by atoms with Gasteiger partial charge in [0.2, 0.25) is 0 Å². The first-order valence-corrected chi connectivity index (χ1v) is 34.0. The molecular formula is C68H132O6. The van der Waals surface area contributed by atoms with Crippen LogP contribution in [0.3, 0.4) is 0 Å². The highest BCUT2D eigenvalue weighted by atomic mass is 16.6. The summed E-state index contributed by atoms with van der Waals surface area (Å²) >= 11 is 0. The summed E-state index contributed by atoms with van der Waals surface area (Å²) in [6, 6.07) is 0. The summed E-state index contributed by atoms with van der Waals surface area (Å²) in [6.45, 7) is 6.72. The first-order chi connectivity index (χ1) is 36.5. The summed E-state index contributed by atoms with van der Waals surface area (Å²) in [5, 5.41) is 0. The van der Waals surface area contributed by atoms with Crippen molar-refractivity contribution in [1.29, 1.82) is 0 Å². The van der Waals surface area contributed by atoms with Crippen molar-refractivity contribution < 1.29 is 28.6 Å². The van der Waals surface area contributed by atoms with Gasteiger partial charge < -0.3 is 14.2 Å². The van der Waals surface area contributed by atoms with E-state index in [1.807, 2.05) is 0 Å². The average molecular weight is 1050 g/mol. The van der Waals surface area contributed by atoms with E-state index in [4.69, 9.17) is 14.2 Å². The lowest BCUT2D eigenvalue weighted by atomic mass is 10.0. The molecule has 0 radical (unpaired) electrons. The maximum atomic E-state index is 12.9. The number of unbranched alkanes of at least 4 members (excludes halogenated alkanes) is 53. The molecule has 74 heavy (non-hydrogen) atoms. The second-order valence-corrected chi connectivity index (χ2v) is 23.5. The van der Waals surface area contributed by atoms with E-state index in [1.165, 1.54) is 302 Å². The van der Waals surface area contributed by atoms with Crippen molar-refractivity contribution in [2.75, 3.05) is 13.2 Å². The Morgan fingerprint density at radius 2 is 0.365 bits per heavy atom. The van der Waals surface area contributed by atoms with Crippen LogP contribution in [0.1, 0.15) is 400 Å². The van der Waals surface area contributed by atoms with Gasteiger partial charge in [-0.2, -0.15) is 0 Å². The van der Waals surface area contributed by atoms with Crippen molar-refractivity contribution in [2.45, 2.75) is 406 Å². The predicted molar refractivity (Wildman–Crippen MR) is 321 cm³/mol. The van der Waals surface area contributed by atoms with Crippen molar-refractivity contribution in [3.8, 4) is 0 Å². The molecule has 6 heteroatoms. The molecule has 1 atom stereocenters. The largest absolute Gasteiger partial charge is 0.462 e. The molecule has 0 aromatic rings. The minimum atomic E-state index is -0.762. The van der Waals surface area contributed by atoms with Gasteiger partial charge in [0.05, 0.1) is 0 Å². The summed E-state index contributed by atoms with van der Waals surface area (Å²) in [6.07, 6.45) is 74.2. The SMILES string of the molecule is CCCCCCCCCCCCCCCCCCCCCCCCCCC(=O)OCC(COC(=O)CCCCCCCCCCCC)OC(=O)CCCCCCCCCCCCCCCCCCCCCCCC. The third kappa shape index (κ3) is 61.3. The molecule has 440 valence electrons. The van der Waals surface area contributed by atoms with Gasteiger partial charge in [0.1, 0.15) is 13.2 Å². The maximum absolute atomic E-state index is 12.9. The molecule has 0 aliphatic heterocycles. The fourth-order valence-electron chi connectivity index (χ4n) is 10.7. The molecule has 0 N–H and O–H groups in total. The van der Waals surface area contributed by atoms with Crippen LogP contribution in [-0.2, 0) is 28.6 Å². The second-order valence-electron chi connectivity index (χ2n) is 23.5. The third-order valence-corrected chi connectivity index (χ3v) is 15.9. The van der Waals surface area contributed by atoms with Crippen molar-refractivity contribution >= 4 is 17.9 Å². The quantitative estimate of drug-likeness (QED) is 0.0343. The highest BCUT2D eigenvalue weighted by molar-refractivity contribution is 5.71. The van der Waals surface area contributed by atoms with E-state index >= 15 is 0 Å². The smallest absolute Gasteiger partial charge is 0.306 e. The number of hydrogen-bond donors (Lipinski definition) is 0. The lowest BCUT2D eigenvalue weighted by Crippen LogP contribution is -2.30. The molecule has 1 unspecified atom stereocenters. The lowest BCUT2D eigenvalue weighted by Gasteiger charge is -2.18. The molecule has 0 fully saturated rings. The van der Waals surface area contributed by atoms with Gasteiger partial charge in [-0.25, -0.2) is 0 Å². The maximum Gasteiger partial charge on any atom is 0.306 e. The highest BCUT2D eigenvalue weighted by Crippen LogP contribution is 2.19. The van der Waals surface area contributed by atoms with E-state index in [2.05, 4.69) is 20.8 Å². The standard InChI is InChI=1S/C68H132O6/c1-4-7-10-13-16-19-22-24-26-28-30-32-34-35-37-38-40-42-44-46-49-52-55-58-61-67(70)73-64-65(63-72-66(69)60-57-54-51-48-21-18-15-12-9-6-3)74-68(71)62-59-56-53-50-47-45-43-41-39-36-33-31-29-27-25-23-20-17-14-11-8-5-2/h65H,4-64H2,1-3H3. The van der Waals surface area contributed by atoms with Crippen molar-refractivity contribution in [1.82, 2.24) is 0 Å². The van der Waals surface area contributed by atoms with E-state index in [1.54, 1.807) is 0 Å². The monoisotopic (exact) mass is 1050 g/mol. The summed E-state index contributed by atoms with van der Waals surface area (Å²) in [7, 11) is 0. The van der Waals surface area contributed by atoms with E-state index < -0.39 is 6.10 Å². The fraction of sp³-hybridized carbons (Fsp3) is 0.956. The van der Waals surface area contributed by atoms with Crippen LogP contribution in [0.2, 0.25) is 0 Å². The predicted octanol–water partition coefficient (Wildman–Crippen LogP) is 23.1. The molecule has 0 rings (SSSR count). The summed E-state index contributed by atoms with van der Waals surface area (Å²) in [5.41, 5.74) is 0. The molecule has 0 saturated heterocycles. The molecule has 0 aromatic heterocycles. The summed E-state index contributed by atoms with van der Waals surface area (Å²) in [5.74, 6) is -0.826. The van der Waals surface area contributed by atoms with Crippen LogP contribution in [0.25, 0.3) is 0 Å². The lowest BCUT2D eigenvalue weighted by molar-refractivity contribution is -0.167. The Bertz CT molecular complexity index is 1110. The topological polar surface area (TPSA) is 78.9 Å². The van der Waals surface area contributed by atoms with Crippen LogP contribution in [0.15, 0.2) is 0 Å². The van der Waals surface area contributed by atoms with Crippen molar-refractivity contribution in [3.05, 3.63) is 0 Å². The van der Waals surface area contributed by atoms with Crippen molar-refractivity contribution in [3.63, 3.8) is 0 Å². The van der Waals surface area contributed by atoms with Crippen LogP contribution >= 0.6 is 0 Å². The van der Waals surface area contributed by atoms with Gasteiger partial charge >= 0.3 is 17.9 Å². The molecular weight excluding hydrogens is 913 g/mol. The second kappa shape index (κ2) is 63.9. The van der Waals surface area contributed by atoms with E-state index in [0.717, 1.165) is 57.8 Å². The van der Waals surface area contributed by atoms with E-state index in [9.17, 15) is 14.4 Å². The minimum absolute atomic E-state index is 0.0606. The Balaban J connectivity index is 4.13. The highest BCUT2D eigenvalue weighted by Gasteiger charge is 2.19. The Hall–Kier alpha value is -1.59. The van der Waals surface area contributed by atoms with Crippen LogP contribution < -0.4 is 0 Å². The van der Waals surface area contributed by atoms with Gasteiger partial charge in [-0.15, -0.1) is 0 Å². The first-order valence-electron chi connectivity index (χ1n) is 34.0. The Labute approximate surface area is 463 Å². The number of hydrogen-bond acceptors (Lipinski definition) is 6. The van der Waals surface area contributed by atoms with Gasteiger partial charge in [0.15, 0.2) is 6.10 Å². The molecule has 0 aromatic carbocycles. The zero-order chi connectivity index (χ0) is 53.6. The Morgan fingerprint density at radius 3 is 0.541 bits per heavy atom. The zero-order valence-electron chi connectivity index (χ0n) is 50.7. The third-order valence-electron chi connectivity index (χ3n) is 15.9. The number of carbonyl (C=O) groups excluding carboxylic acids is 3. The van der Waals surface area contributed by atoms with Gasteiger partial charge in [0, 0.05) is 19.3 Å². The normalized spacial score (nSPS) is 11.9. The average Bonchev–Trinajstić information content (AvgIpc) is 3.40. The number of rotatable bonds is 64. The summed E-state index contributed by atoms with van der Waals surface area (Å²) in [4.78, 5) is 38.3. The minimum Gasteiger partial charge on any atom is -0.462 e. The molecule has 0 heterocycles. The van der Waals surface area contributed by atoms with Gasteiger partial charge in [-0.3, -0.25) is 14.4 Å². The van der Waals surface area contributed by atoms with Crippen LogP contribution in [0, 0.1) is 0 Å². The summed E-state index contributed by atoms with van der Waals surface area (Å²) < 4.78 is 16.9. The molecule has 0 aliphatic carbocycles. The fourth-order valence-corrected chi connectivity index (χ4v) is 10.7. The Morgan fingerprint density at radius 1 is 0.216 bits per heavy atom. The molecule has 6 nitrogen and oxygen atoms in total. The first kappa shape index (κ1) is 72.4. The van der Waals surface area contributed by atoms with Crippen molar-refractivity contribution in [2.24, 2.45) is 0 Å². The molecule has 0 saturated carbocycles. The zero-order valence-corrected chi connectivity index (χ0v) is 50.7. The van der Waals surface area contributed by atoms with Crippen LogP contribution in [0.5, 0.6) is 0 Å². The molecule has 0 spiro atoms. The molecule has 0 aliphatic rings. The van der Waals surface area contributed by atoms with Gasteiger partial charge in [-0.1, -0.05) is 361 Å². The van der Waals surface area contributed by atoms with E-state index in [-0.39, 0.29) is 31.1 Å². The van der Waals surface area contributed by atoms with Gasteiger partial charge in [0.25, 0.3) is 0 Å². The number of carbonyl (C=O) groups is 3. The van der Waals surface area contributed by atoms with Crippen LogP contribution in [-0.4, -0.2) is 37.2 Å². The number of ether oxygens (including phenoxy) is 3. The number of esters is 3. The van der Waals surface area contributed by atoms with Gasteiger partial charge in [-0.05, 0) is 19.3 Å². The van der Waals surface area contributed by atoms with E-state index in [0.29, 0.717) is 19.3 Å². The Kier molecular flexibility index (Phi) is 62.6. The molecule has 0 amide bonds. The van der Waals surface area contributed by atoms with Crippen LogP contribution in [0.4, 0.5) is 0 Å².